The van der Waals surface area contributed by atoms with Gasteiger partial charge in [-0.15, -0.1) is 13.2 Å². The summed E-state index contributed by atoms with van der Waals surface area (Å²) in [6, 6.07) is 2.99. The molecule has 0 aromatic heterocycles. The standard InChI is InChI=1S/C27H24F3NO6/c1-3-8-31-25(35)15-6-5-14-16(22(15)26(31)36)11-18-23(20(33)9-12(2)24(18)34)21(14)17-10-13(4-7-19(17)32)37-27(28,29)30/h4-5,7,9-10,15-16,21-22,32H,3,6,8,11H2,1-2H3. The van der Waals surface area contributed by atoms with E-state index in [9.17, 15) is 37.5 Å². The molecule has 0 radical (unpaired) electrons. The van der Waals surface area contributed by atoms with Crippen LogP contribution in [0.15, 0.2) is 52.6 Å². The van der Waals surface area contributed by atoms with Crippen LogP contribution in [0.25, 0.3) is 0 Å². The number of aromatic hydroxyl groups is 1. The minimum atomic E-state index is -4.99. The van der Waals surface area contributed by atoms with Gasteiger partial charge in [-0.1, -0.05) is 18.6 Å². The second kappa shape index (κ2) is 8.71. The number of fused-ring (bicyclic) bond motifs is 3. The molecule has 4 unspecified atom stereocenters. The average Bonchev–Trinajstić information content (AvgIpc) is 3.07. The van der Waals surface area contributed by atoms with E-state index in [4.69, 9.17) is 0 Å². The molecule has 0 saturated carbocycles. The maximum absolute atomic E-state index is 13.4. The van der Waals surface area contributed by atoms with Crippen LogP contribution < -0.4 is 4.74 Å². The Bertz CT molecular complexity index is 1340. The molecule has 1 fully saturated rings. The summed E-state index contributed by atoms with van der Waals surface area (Å²) in [6.07, 6.45) is -1.23. The lowest BCUT2D eigenvalue weighted by Crippen LogP contribution is -2.39. The van der Waals surface area contributed by atoms with Gasteiger partial charge in [-0.2, -0.15) is 0 Å². The Morgan fingerprint density at radius 2 is 1.84 bits per heavy atom. The molecule has 194 valence electrons. The zero-order valence-electron chi connectivity index (χ0n) is 20.1. The fraction of sp³-hybridized carbons (Fsp3) is 0.407. The van der Waals surface area contributed by atoms with Gasteiger partial charge in [0.1, 0.15) is 11.5 Å². The van der Waals surface area contributed by atoms with Gasteiger partial charge in [0.05, 0.1) is 11.8 Å². The number of phenols is 1. The van der Waals surface area contributed by atoms with Crippen LogP contribution in [0.2, 0.25) is 0 Å². The molecule has 1 heterocycles. The monoisotopic (exact) mass is 515 g/mol. The van der Waals surface area contributed by atoms with E-state index < -0.39 is 47.3 Å². The summed E-state index contributed by atoms with van der Waals surface area (Å²) < 4.78 is 42.9. The Morgan fingerprint density at radius 3 is 2.51 bits per heavy atom. The molecule has 4 aliphatic rings. The quantitative estimate of drug-likeness (QED) is 0.368. The van der Waals surface area contributed by atoms with Gasteiger partial charge in [-0.05, 0) is 56.4 Å². The molecule has 0 spiro atoms. The van der Waals surface area contributed by atoms with Crippen molar-refractivity contribution in [1.82, 2.24) is 4.90 Å². The number of hydrogen-bond acceptors (Lipinski definition) is 6. The summed E-state index contributed by atoms with van der Waals surface area (Å²) in [4.78, 5) is 54.1. The number of Topliss-reactive ketones (excluding diaryl/α,β-unsaturated/α-hetero) is 1. The van der Waals surface area contributed by atoms with Crippen LogP contribution in [-0.2, 0) is 19.2 Å². The van der Waals surface area contributed by atoms with Crippen molar-refractivity contribution in [3.05, 3.63) is 58.2 Å². The summed E-state index contributed by atoms with van der Waals surface area (Å²) >= 11 is 0. The van der Waals surface area contributed by atoms with Crippen molar-refractivity contribution in [2.24, 2.45) is 17.8 Å². The first-order valence-electron chi connectivity index (χ1n) is 12.1. The zero-order chi connectivity index (χ0) is 26.8. The third-order valence-electron chi connectivity index (χ3n) is 7.64. The van der Waals surface area contributed by atoms with E-state index in [0.29, 0.717) is 12.0 Å². The van der Waals surface area contributed by atoms with Crippen LogP contribution >= 0.6 is 0 Å². The molecule has 10 heteroatoms. The highest BCUT2D eigenvalue weighted by atomic mass is 19.4. The lowest BCUT2D eigenvalue weighted by atomic mass is 9.59. The van der Waals surface area contributed by atoms with Gasteiger partial charge in [-0.25, -0.2) is 0 Å². The Kier molecular flexibility index (Phi) is 5.88. The Balaban J connectivity index is 1.68. The maximum atomic E-state index is 13.4. The molecule has 1 saturated heterocycles. The molecule has 7 nitrogen and oxygen atoms in total. The lowest BCUT2D eigenvalue weighted by molar-refractivity contribution is -0.274. The molecule has 37 heavy (non-hydrogen) atoms. The number of carbonyl (C=O) groups is 4. The third-order valence-corrected chi connectivity index (χ3v) is 7.64. The first-order chi connectivity index (χ1) is 17.4. The van der Waals surface area contributed by atoms with Crippen molar-refractivity contribution in [2.45, 2.75) is 45.4 Å². The SMILES string of the molecule is CCCN1C(=O)C2CC=C3C(c4cc(OC(F)(F)F)ccc4O)C4=C(CC3C2C1=O)C(=O)C(C)=CC4=O. The molecule has 1 aliphatic heterocycles. The van der Waals surface area contributed by atoms with Crippen LogP contribution in [0.1, 0.15) is 44.6 Å². The highest BCUT2D eigenvalue weighted by Gasteiger charge is 2.56. The van der Waals surface area contributed by atoms with Crippen molar-refractivity contribution >= 4 is 23.4 Å². The second-order valence-corrected chi connectivity index (χ2v) is 9.83. The van der Waals surface area contributed by atoms with Gasteiger partial charge in [-0.3, -0.25) is 24.1 Å². The van der Waals surface area contributed by atoms with Gasteiger partial charge >= 0.3 is 6.36 Å². The second-order valence-electron chi connectivity index (χ2n) is 9.83. The Morgan fingerprint density at radius 1 is 1.11 bits per heavy atom. The number of allylic oxidation sites excluding steroid dienone is 6. The van der Waals surface area contributed by atoms with Gasteiger partial charge < -0.3 is 9.84 Å². The van der Waals surface area contributed by atoms with E-state index in [2.05, 4.69) is 4.74 Å². The van der Waals surface area contributed by atoms with E-state index in [1.807, 2.05) is 6.92 Å². The van der Waals surface area contributed by atoms with Crippen molar-refractivity contribution in [2.75, 3.05) is 6.54 Å². The fourth-order valence-electron chi connectivity index (χ4n) is 6.21. The number of hydrogen-bond donors (Lipinski definition) is 1. The number of phenolic OH excluding ortho intramolecular Hbond substituents is 1. The molecule has 0 bridgehead atoms. The molecular formula is C27H24F3NO6. The average molecular weight is 515 g/mol. The van der Waals surface area contributed by atoms with Crippen LogP contribution in [-0.4, -0.2) is 46.3 Å². The molecule has 1 aromatic rings. The number of halogens is 3. The molecule has 4 atom stereocenters. The summed E-state index contributed by atoms with van der Waals surface area (Å²) in [7, 11) is 0. The number of imide groups is 1. The van der Waals surface area contributed by atoms with Gasteiger partial charge in [0, 0.05) is 34.7 Å². The number of amides is 2. The summed E-state index contributed by atoms with van der Waals surface area (Å²) in [5.41, 5.74) is 0.932. The predicted molar refractivity (Wildman–Crippen MR) is 123 cm³/mol. The van der Waals surface area contributed by atoms with Crippen molar-refractivity contribution in [1.29, 1.82) is 0 Å². The summed E-state index contributed by atoms with van der Waals surface area (Å²) in [6.45, 7) is 3.61. The normalized spacial score (nSPS) is 27.5. The van der Waals surface area contributed by atoms with Gasteiger partial charge in [0.25, 0.3) is 0 Å². The van der Waals surface area contributed by atoms with Crippen LogP contribution in [0.4, 0.5) is 13.2 Å². The number of rotatable bonds is 4. The molecule has 1 N–H and O–H groups in total. The lowest BCUT2D eigenvalue weighted by Gasteiger charge is -2.42. The molecule has 2 amide bonds. The highest BCUT2D eigenvalue weighted by Crippen LogP contribution is 2.56. The Hall–Kier alpha value is -3.69. The number of likely N-dealkylation sites (tertiary alicyclic amines) is 1. The number of nitrogens with zero attached hydrogens (tertiary/aromatic N) is 1. The van der Waals surface area contributed by atoms with E-state index >= 15 is 0 Å². The van der Waals surface area contributed by atoms with Crippen LogP contribution in [0.5, 0.6) is 11.5 Å². The summed E-state index contributed by atoms with van der Waals surface area (Å²) in [5, 5.41) is 10.7. The molecular weight excluding hydrogens is 491 g/mol. The van der Waals surface area contributed by atoms with E-state index in [1.54, 1.807) is 6.08 Å². The third kappa shape index (κ3) is 3.98. The Labute approximate surface area is 210 Å². The van der Waals surface area contributed by atoms with E-state index in [1.165, 1.54) is 17.9 Å². The predicted octanol–water partition coefficient (Wildman–Crippen LogP) is 4.13. The van der Waals surface area contributed by atoms with Crippen molar-refractivity contribution in [3.63, 3.8) is 0 Å². The highest BCUT2D eigenvalue weighted by molar-refractivity contribution is 6.23. The topological polar surface area (TPSA) is 101 Å². The fourth-order valence-corrected chi connectivity index (χ4v) is 6.21. The van der Waals surface area contributed by atoms with Crippen LogP contribution in [0.3, 0.4) is 0 Å². The smallest absolute Gasteiger partial charge is 0.508 e. The van der Waals surface area contributed by atoms with Gasteiger partial charge in [0.2, 0.25) is 11.8 Å². The first kappa shape index (κ1) is 25.0. The van der Waals surface area contributed by atoms with Gasteiger partial charge in [0.15, 0.2) is 11.6 Å². The first-order valence-corrected chi connectivity index (χ1v) is 12.1. The zero-order valence-corrected chi connectivity index (χ0v) is 20.1. The van der Waals surface area contributed by atoms with Crippen molar-refractivity contribution < 1.29 is 42.2 Å². The summed E-state index contributed by atoms with van der Waals surface area (Å²) in [5.74, 6) is -5.58. The molecule has 5 rings (SSSR count). The minimum absolute atomic E-state index is 0.0417. The number of benzene rings is 1. The number of alkyl halides is 3. The molecule has 1 aromatic carbocycles. The van der Waals surface area contributed by atoms with E-state index in [0.717, 1.165) is 18.2 Å². The van der Waals surface area contributed by atoms with Crippen molar-refractivity contribution in [3.8, 4) is 11.5 Å². The van der Waals surface area contributed by atoms with E-state index in [-0.39, 0.29) is 59.2 Å². The largest absolute Gasteiger partial charge is 0.573 e. The number of ketones is 2. The number of carbonyl (C=O) groups excluding carboxylic acids is 4. The van der Waals surface area contributed by atoms with Crippen LogP contribution in [0, 0.1) is 17.8 Å². The number of ether oxygens (including phenoxy) is 1. The maximum Gasteiger partial charge on any atom is 0.573 e. The minimum Gasteiger partial charge on any atom is -0.508 e. The molecule has 3 aliphatic carbocycles.